The van der Waals surface area contributed by atoms with E-state index >= 15 is 0 Å². The Morgan fingerprint density at radius 3 is 2.59 bits per heavy atom. The van der Waals surface area contributed by atoms with Gasteiger partial charge < -0.3 is 5.32 Å². The molecule has 0 saturated carbocycles. The SMILES string of the molecule is CC(C)(CNc1ncc(Cl)cc1F)S(C)(=O)=O. The maximum Gasteiger partial charge on any atom is 0.166 e. The summed E-state index contributed by atoms with van der Waals surface area (Å²) in [7, 11) is -3.23. The van der Waals surface area contributed by atoms with Crippen molar-refractivity contribution in [1.82, 2.24) is 4.98 Å². The molecule has 0 unspecified atom stereocenters. The van der Waals surface area contributed by atoms with Crippen LogP contribution >= 0.6 is 11.6 Å². The standard InChI is InChI=1S/C10H14ClFN2O2S/c1-10(2,17(3,15)16)6-14-9-8(12)4-7(11)5-13-9/h4-5H,6H2,1-3H3,(H,13,14). The molecular weight excluding hydrogens is 267 g/mol. The largest absolute Gasteiger partial charge is 0.366 e. The molecule has 0 aliphatic heterocycles. The second-order valence-electron chi connectivity index (χ2n) is 4.37. The highest BCUT2D eigenvalue weighted by Gasteiger charge is 2.30. The zero-order valence-corrected chi connectivity index (χ0v) is 11.4. The van der Waals surface area contributed by atoms with Crippen molar-refractivity contribution in [2.24, 2.45) is 0 Å². The minimum atomic E-state index is -3.23. The molecule has 0 atom stereocenters. The summed E-state index contributed by atoms with van der Waals surface area (Å²) in [5, 5.41) is 2.85. The second kappa shape index (κ2) is 4.78. The minimum Gasteiger partial charge on any atom is -0.366 e. The summed E-state index contributed by atoms with van der Waals surface area (Å²) >= 11 is 5.55. The lowest BCUT2D eigenvalue weighted by atomic mass is 10.2. The van der Waals surface area contributed by atoms with Crippen LogP contribution < -0.4 is 5.32 Å². The first-order valence-electron chi connectivity index (χ1n) is 4.88. The third kappa shape index (κ3) is 3.54. The van der Waals surface area contributed by atoms with Gasteiger partial charge in [-0.15, -0.1) is 0 Å². The molecular formula is C10H14ClFN2O2S. The average molecular weight is 281 g/mol. The molecule has 7 heteroatoms. The number of pyridine rings is 1. The number of hydrogen-bond donors (Lipinski definition) is 1. The van der Waals surface area contributed by atoms with E-state index in [1.54, 1.807) is 13.8 Å². The number of sulfone groups is 1. The molecule has 0 radical (unpaired) electrons. The van der Waals surface area contributed by atoms with Gasteiger partial charge in [0, 0.05) is 19.0 Å². The van der Waals surface area contributed by atoms with E-state index in [0.717, 1.165) is 12.3 Å². The Morgan fingerprint density at radius 2 is 2.12 bits per heavy atom. The minimum absolute atomic E-state index is 0.00822. The highest BCUT2D eigenvalue weighted by Crippen LogP contribution is 2.19. The van der Waals surface area contributed by atoms with Crippen molar-refractivity contribution in [2.45, 2.75) is 18.6 Å². The molecule has 0 amide bonds. The van der Waals surface area contributed by atoms with Crippen LogP contribution in [0.5, 0.6) is 0 Å². The molecule has 1 N–H and O–H groups in total. The Bertz CT molecular complexity index is 517. The molecule has 0 aromatic carbocycles. The van der Waals surface area contributed by atoms with Crippen molar-refractivity contribution >= 4 is 27.3 Å². The highest BCUT2D eigenvalue weighted by molar-refractivity contribution is 7.92. The molecule has 0 bridgehead atoms. The summed E-state index contributed by atoms with van der Waals surface area (Å²) in [6.45, 7) is 3.18. The van der Waals surface area contributed by atoms with Crippen molar-refractivity contribution in [1.29, 1.82) is 0 Å². The molecule has 0 aliphatic carbocycles. The number of nitrogens with zero attached hydrogens (tertiary/aromatic N) is 1. The van der Waals surface area contributed by atoms with Gasteiger partial charge in [-0.1, -0.05) is 11.6 Å². The maximum absolute atomic E-state index is 13.4. The fourth-order valence-corrected chi connectivity index (χ4v) is 1.45. The molecule has 17 heavy (non-hydrogen) atoms. The van der Waals surface area contributed by atoms with Crippen LogP contribution in [0.4, 0.5) is 10.2 Å². The Labute approximate surface area is 105 Å². The third-order valence-corrected chi connectivity index (χ3v) is 4.85. The van der Waals surface area contributed by atoms with E-state index in [1.165, 1.54) is 6.20 Å². The molecule has 96 valence electrons. The number of rotatable bonds is 4. The first-order valence-corrected chi connectivity index (χ1v) is 7.15. The van der Waals surface area contributed by atoms with Gasteiger partial charge in [-0.2, -0.15) is 0 Å². The van der Waals surface area contributed by atoms with Crippen LogP contribution in [-0.2, 0) is 9.84 Å². The van der Waals surface area contributed by atoms with Crippen molar-refractivity contribution in [3.05, 3.63) is 23.1 Å². The molecule has 0 aliphatic rings. The van der Waals surface area contributed by atoms with E-state index in [0.29, 0.717) is 0 Å². The van der Waals surface area contributed by atoms with Gasteiger partial charge in [0.25, 0.3) is 0 Å². The summed E-state index contributed by atoms with van der Waals surface area (Å²) in [5.74, 6) is -0.618. The first kappa shape index (κ1) is 14.2. The van der Waals surface area contributed by atoms with Gasteiger partial charge in [-0.05, 0) is 19.9 Å². The second-order valence-corrected chi connectivity index (χ2v) is 7.46. The summed E-state index contributed by atoms with van der Waals surface area (Å²) in [4.78, 5) is 3.75. The molecule has 4 nitrogen and oxygen atoms in total. The third-order valence-electron chi connectivity index (χ3n) is 2.49. The molecule has 0 fully saturated rings. The maximum atomic E-state index is 13.4. The molecule has 1 heterocycles. The lowest BCUT2D eigenvalue weighted by molar-refractivity contribution is 0.558. The van der Waals surface area contributed by atoms with Crippen molar-refractivity contribution < 1.29 is 12.8 Å². The molecule has 0 saturated heterocycles. The monoisotopic (exact) mass is 280 g/mol. The number of aromatic nitrogens is 1. The lowest BCUT2D eigenvalue weighted by Gasteiger charge is -2.23. The fraction of sp³-hybridized carbons (Fsp3) is 0.500. The van der Waals surface area contributed by atoms with Crippen LogP contribution in [0.15, 0.2) is 12.3 Å². The highest BCUT2D eigenvalue weighted by atomic mass is 35.5. The van der Waals surface area contributed by atoms with Crippen LogP contribution in [0.2, 0.25) is 5.02 Å². The molecule has 1 rings (SSSR count). The number of nitrogens with one attached hydrogen (secondary N) is 1. The van der Waals surface area contributed by atoms with Crippen molar-refractivity contribution in [2.75, 3.05) is 18.1 Å². The van der Waals surface area contributed by atoms with Crippen LogP contribution in [0.1, 0.15) is 13.8 Å². The number of anilines is 1. The smallest absolute Gasteiger partial charge is 0.166 e. The van der Waals surface area contributed by atoms with Crippen LogP contribution in [-0.4, -0.2) is 30.9 Å². The van der Waals surface area contributed by atoms with E-state index in [-0.39, 0.29) is 17.4 Å². The normalized spacial score (nSPS) is 12.5. The van der Waals surface area contributed by atoms with Gasteiger partial charge in [-0.3, -0.25) is 0 Å². The zero-order chi connectivity index (χ0) is 13.3. The molecule has 1 aromatic heterocycles. The quantitative estimate of drug-likeness (QED) is 0.918. The Morgan fingerprint density at radius 1 is 1.53 bits per heavy atom. The van der Waals surface area contributed by atoms with Crippen molar-refractivity contribution in [3.8, 4) is 0 Å². The zero-order valence-electron chi connectivity index (χ0n) is 9.79. The Kier molecular flexibility index (Phi) is 3.99. The van der Waals surface area contributed by atoms with Gasteiger partial charge in [-0.25, -0.2) is 17.8 Å². The van der Waals surface area contributed by atoms with E-state index in [4.69, 9.17) is 11.6 Å². The summed E-state index contributed by atoms with van der Waals surface area (Å²) in [5.41, 5.74) is 0. The van der Waals surface area contributed by atoms with E-state index in [9.17, 15) is 12.8 Å². The summed E-state index contributed by atoms with van der Waals surface area (Å²) in [6, 6.07) is 1.12. The Balaban J connectivity index is 2.81. The predicted molar refractivity (Wildman–Crippen MR) is 66.6 cm³/mol. The van der Waals surface area contributed by atoms with Gasteiger partial charge >= 0.3 is 0 Å². The molecule has 0 spiro atoms. The first-order chi connectivity index (χ1) is 7.63. The number of halogens is 2. The summed E-state index contributed by atoms with van der Waals surface area (Å²) < 4.78 is 35.2. The van der Waals surface area contributed by atoms with E-state index in [2.05, 4.69) is 10.3 Å². The van der Waals surface area contributed by atoms with Gasteiger partial charge in [0.1, 0.15) is 0 Å². The summed E-state index contributed by atoms with van der Waals surface area (Å²) in [6.07, 6.45) is 2.43. The topological polar surface area (TPSA) is 59.1 Å². The fourth-order valence-electron chi connectivity index (χ4n) is 0.972. The van der Waals surface area contributed by atoms with Crippen LogP contribution in [0.3, 0.4) is 0 Å². The number of hydrogen-bond acceptors (Lipinski definition) is 4. The van der Waals surface area contributed by atoms with Gasteiger partial charge in [0.2, 0.25) is 0 Å². The molecule has 1 aromatic rings. The van der Waals surface area contributed by atoms with Crippen molar-refractivity contribution in [3.63, 3.8) is 0 Å². The van der Waals surface area contributed by atoms with Crippen LogP contribution in [0, 0.1) is 5.82 Å². The predicted octanol–water partition coefficient (Wildman–Crippen LogP) is 2.11. The average Bonchev–Trinajstić information content (AvgIpc) is 2.14. The Hall–Kier alpha value is -0.880. The lowest BCUT2D eigenvalue weighted by Crippen LogP contribution is -2.38. The van der Waals surface area contributed by atoms with Gasteiger partial charge in [0.05, 0.1) is 9.77 Å². The van der Waals surface area contributed by atoms with Crippen LogP contribution in [0.25, 0.3) is 0 Å². The van der Waals surface area contributed by atoms with E-state index < -0.39 is 20.4 Å². The van der Waals surface area contributed by atoms with E-state index in [1.807, 2.05) is 0 Å². The van der Waals surface area contributed by atoms with Gasteiger partial charge in [0.15, 0.2) is 21.5 Å².